The van der Waals surface area contributed by atoms with Gasteiger partial charge in [-0.15, -0.1) is 0 Å². The van der Waals surface area contributed by atoms with E-state index in [-0.39, 0.29) is 30.0 Å². The first kappa shape index (κ1) is 18.3. The zero-order chi connectivity index (χ0) is 17.7. The van der Waals surface area contributed by atoms with Crippen LogP contribution in [0.1, 0.15) is 23.7 Å². The number of nitrogens with zero attached hydrogens (tertiary/aromatic N) is 1. The van der Waals surface area contributed by atoms with Gasteiger partial charge in [0.15, 0.2) is 9.84 Å². The van der Waals surface area contributed by atoms with Gasteiger partial charge in [-0.3, -0.25) is 4.79 Å². The predicted molar refractivity (Wildman–Crippen MR) is 90.7 cm³/mol. The second-order valence-corrected chi connectivity index (χ2v) is 7.89. The second-order valence-electron chi connectivity index (χ2n) is 5.66. The molecular formula is C16H22N2O5S. The Morgan fingerprint density at radius 1 is 1.29 bits per heavy atom. The number of hydrogen-bond acceptors (Lipinski definition) is 6. The van der Waals surface area contributed by atoms with E-state index in [1.165, 1.54) is 7.11 Å². The molecule has 8 heteroatoms. The molecule has 1 unspecified atom stereocenters. The van der Waals surface area contributed by atoms with Gasteiger partial charge in [-0.2, -0.15) is 0 Å². The first-order valence-corrected chi connectivity index (χ1v) is 9.60. The molecule has 2 rings (SSSR count). The number of methoxy groups -OCH3 is 1. The third-order valence-corrected chi connectivity index (χ3v) is 5.81. The number of likely N-dealkylation sites (N-methyl/N-ethyl adjacent to an activating group) is 1. The molecule has 1 aliphatic rings. The van der Waals surface area contributed by atoms with Crippen molar-refractivity contribution in [2.45, 2.75) is 19.4 Å². The van der Waals surface area contributed by atoms with E-state index in [0.717, 1.165) is 0 Å². The Kier molecular flexibility index (Phi) is 5.82. The zero-order valence-corrected chi connectivity index (χ0v) is 14.6. The number of benzene rings is 1. The van der Waals surface area contributed by atoms with Crippen molar-refractivity contribution < 1.29 is 22.7 Å². The number of anilines is 1. The smallest absolute Gasteiger partial charge is 0.337 e. The van der Waals surface area contributed by atoms with Gasteiger partial charge in [0.25, 0.3) is 0 Å². The number of hydrogen-bond donors (Lipinski definition) is 1. The normalized spacial score (nSPS) is 18.8. The van der Waals surface area contributed by atoms with Crippen LogP contribution in [-0.2, 0) is 19.4 Å². The molecule has 1 fully saturated rings. The van der Waals surface area contributed by atoms with Crippen molar-refractivity contribution in [3.63, 3.8) is 0 Å². The lowest BCUT2D eigenvalue weighted by Crippen LogP contribution is -2.43. The highest BCUT2D eigenvalue weighted by Crippen LogP contribution is 2.18. The van der Waals surface area contributed by atoms with Crippen LogP contribution in [0.25, 0.3) is 0 Å². The summed E-state index contributed by atoms with van der Waals surface area (Å²) >= 11 is 0. The molecule has 1 heterocycles. The van der Waals surface area contributed by atoms with Crippen LogP contribution in [0, 0.1) is 0 Å². The first-order valence-electron chi connectivity index (χ1n) is 7.78. The largest absolute Gasteiger partial charge is 0.465 e. The number of carbonyl (C=O) groups excluding carboxylic acids is 2. The predicted octanol–water partition coefficient (Wildman–Crippen LogP) is 0.921. The molecule has 1 aliphatic heterocycles. The van der Waals surface area contributed by atoms with Crippen LogP contribution in [0.15, 0.2) is 24.3 Å². The maximum Gasteiger partial charge on any atom is 0.337 e. The van der Waals surface area contributed by atoms with Crippen molar-refractivity contribution in [1.82, 2.24) is 4.90 Å². The molecule has 0 aliphatic carbocycles. The Morgan fingerprint density at radius 3 is 2.46 bits per heavy atom. The number of carbonyl (C=O) groups is 2. The average molecular weight is 354 g/mol. The summed E-state index contributed by atoms with van der Waals surface area (Å²) in [6.45, 7) is 2.39. The standard InChI is InChI=1S/C16H22N2O5S/c1-3-18(14-8-9-24(21,22)11-14)15(19)10-17-13-6-4-12(5-7-13)16(20)23-2/h4-7,14,17H,3,8-11H2,1-2H3. The summed E-state index contributed by atoms with van der Waals surface area (Å²) in [6, 6.07) is 6.36. The highest BCUT2D eigenvalue weighted by molar-refractivity contribution is 7.91. The van der Waals surface area contributed by atoms with E-state index in [1.54, 1.807) is 29.2 Å². The number of ether oxygens (including phenoxy) is 1. The minimum absolute atomic E-state index is 0.0421. The van der Waals surface area contributed by atoms with Crippen molar-refractivity contribution in [2.75, 3.05) is 37.0 Å². The molecule has 0 spiro atoms. The lowest BCUT2D eigenvalue weighted by Gasteiger charge is -2.27. The van der Waals surface area contributed by atoms with Crippen molar-refractivity contribution in [3.05, 3.63) is 29.8 Å². The highest BCUT2D eigenvalue weighted by Gasteiger charge is 2.33. The zero-order valence-electron chi connectivity index (χ0n) is 13.8. The van der Waals surface area contributed by atoms with Crippen LogP contribution in [0.2, 0.25) is 0 Å². The molecule has 0 aromatic heterocycles. The number of nitrogens with one attached hydrogen (secondary N) is 1. The van der Waals surface area contributed by atoms with Crippen molar-refractivity contribution in [3.8, 4) is 0 Å². The minimum atomic E-state index is -3.02. The number of esters is 1. The van der Waals surface area contributed by atoms with Gasteiger partial charge in [0, 0.05) is 18.3 Å². The average Bonchev–Trinajstić information content (AvgIpc) is 2.93. The fourth-order valence-electron chi connectivity index (χ4n) is 2.78. The third-order valence-electron chi connectivity index (χ3n) is 4.06. The summed E-state index contributed by atoms with van der Waals surface area (Å²) in [4.78, 5) is 25.3. The third kappa shape index (κ3) is 4.47. The molecule has 0 radical (unpaired) electrons. The van der Waals surface area contributed by atoms with Crippen LogP contribution < -0.4 is 5.32 Å². The molecule has 1 aromatic carbocycles. The molecule has 0 saturated carbocycles. The van der Waals surface area contributed by atoms with E-state index < -0.39 is 15.8 Å². The summed E-state index contributed by atoms with van der Waals surface area (Å²) in [5.41, 5.74) is 1.13. The lowest BCUT2D eigenvalue weighted by atomic mass is 10.2. The Labute approximate surface area is 141 Å². The van der Waals surface area contributed by atoms with Gasteiger partial charge in [0.1, 0.15) is 0 Å². The summed E-state index contributed by atoms with van der Waals surface area (Å²) in [5, 5.41) is 2.99. The number of sulfone groups is 1. The molecule has 7 nitrogen and oxygen atoms in total. The SMILES string of the molecule is CCN(C(=O)CNc1ccc(C(=O)OC)cc1)C1CCS(=O)(=O)C1. The first-order chi connectivity index (χ1) is 11.4. The number of rotatable bonds is 6. The summed E-state index contributed by atoms with van der Waals surface area (Å²) in [5.74, 6) is -0.376. The minimum Gasteiger partial charge on any atom is -0.465 e. The Balaban J connectivity index is 1.93. The van der Waals surface area contributed by atoms with Crippen molar-refractivity contribution in [2.24, 2.45) is 0 Å². The molecule has 132 valence electrons. The van der Waals surface area contributed by atoms with Gasteiger partial charge in [-0.25, -0.2) is 13.2 Å². The van der Waals surface area contributed by atoms with Crippen molar-refractivity contribution >= 4 is 27.4 Å². The van der Waals surface area contributed by atoms with E-state index in [1.807, 2.05) is 6.92 Å². The van der Waals surface area contributed by atoms with Gasteiger partial charge < -0.3 is 15.0 Å². The lowest BCUT2D eigenvalue weighted by molar-refractivity contribution is -0.130. The van der Waals surface area contributed by atoms with Crippen LogP contribution in [-0.4, -0.2) is 62.9 Å². The highest BCUT2D eigenvalue weighted by atomic mass is 32.2. The Hall–Kier alpha value is -2.09. The fraction of sp³-hybridized carbons (Fsp3) is 0.500. The molecule has 1 N–H and O–H groups in total. The van der Waals surface area contributed by atoms with E-state index in [4.69, 9.17) is 0 Å². The van der Waals surface area contributed by atoms with Crippen LogP contribution in [0.3, 0.4) is 0 Å². The summed E-state index contributed by atoms with van der Waals surface area (Å²) in [7, 11) is -1.71. The maximum absolute atomic E-state index is 12.4. The molecule has 1 aromatic rings. The quantitative estimate of drug-likeness (QED) is 0.764. The maximum atomic E-state index is 12.4. The molecular weight excluding hydrogens is 332 g/mol. The topological polar surface area (TPSA) is 92.8 Å². The van der Waals surface area contributed by atoms with Crippen LogP contribution >= 0.6 is 0 Å². The van der Waals surface area contributed by atoms with Gasteiger partial charge in [0.2, 0.25) is 5.91 Å². The van der Waals surface area contributed by atoms with E-state index in [0.29, 0.717) is 24.2 Å². The fourth-order valence-corrected chi connectivity index (χ4v) is 4.51. The molecule has 1 saturated heterocycles. The molecule has 1 amide bonds. The van der Waals surface area contributed by atoms with Gasteiger partial charge in [-0.1, -0.05) is 0 Å². The van der Waals surface area contributed by atoms with Gasteiger partial charge in [-0.05, 0) is 37.6 Å². The van der Waals surface area contributed by atoms with E-state index in [9.17, 15) is 18.0 Å². The van der Waals surface area contributed by atoms with E-state index in [2.05, 4.69) is 10.1 Å². The van der Waals surface area contributed by atoms with E-state index >= 15 is 0 Å². The van der Waals surface area contributed by atoms with Crippen LogP contribution in [0.5, 0.6) is 0 Å². The molecule has 0 bridgehead atoms. The van der Waals surface area contributed by atoms with Crippen LogP contribution in [0.4, 0.5) is 5.69 Å². The Morgan fingerprint density at radius 2 is 1.96 bits per heavy atom. The molecule has 1 atom stereocenters. The van der Waals surface area contributed by atoms with Gasteiger partial charge >= 0.3 is 5.97 Å². The summed E-state index contributed by atoms with van der Waals surface area (Å²) < 4.78 is 27.8. The summed E-state index contributed by atoms with van der Waals surface area (Å²) in [6.07, 6.45) is 0.496. The van der Waals surface area contributed by atoms with Gasteiger partial charge in [0.05, 0.1) is 30.7 Å². The second kappa shape index (κ2) is 7.65. The number of amides is 1. The monoisotopic (exact) mass is 354 g/mol. The van der Waals surface area contributed by atoms with Crippen molar-refractivity contribution in [1.29, 1.82) is 0 Å². The Bertz CT molecular complexity index is 700. The molecule has 24 heavy (non-hydrogen) atoms.